The Kier molecular flexibility index (Phi) is 7.25. The minimum atomic E-state index is -0.547. The fraction of sp³-hybridized carbons (Fsp3) is 0.667. The van der Waals surface area contributed by atoms with Crippen LogP contribution in [0.2, 0.25) is 0 Å². The largest absolute Gasteiger partial charge is 0.342 e. The number of likely N-dealkylation sites (tertiary alicyclic amines) is 2. The van der Waals surface area contributed by atoms with E-state index in [9.17, 15) is 24.5 Å². The molecule has 2 aliphatic heterocycles. The summed E-state index contributed by atoms with van der Waals surface area (Å²) in [4.78, 5) is 57.3. The first-order valence-electron chi connectivity index (χ1n) is 11.9. The number of rotatable bonds is 6. The number of nitro groups is 1. The quantitative estimate of drug-likeness (QED) is 0.344. The van der Waals surface area contributed by atoms with Crippen LogP contribution in [0.3, 0.4) is 0 Å². The van der Waals surface area contributed by atoms with E-state index in [0.29, 0.717) is 38.2 Å². The van der Waals surface area contributed by atoms with Crippen LogP contribution < -0.4 is 0 Å². The van der Waals surface area contributed by atoms with Crippen LogP contribution in [-0.4, -0.2) is 76.3 Å². The van der Waals surface area contributed by atoms with Gasteiger partial charge in [0.25, 0.3) is 5.91 Å². The van der Waals surface area contributed by atoms with Crippen LogP contribution in [0.15, 0.2) is 23.4 Å². The second kappa shape index (κ2) is 10.0. The third-order valence-electron chi connectivity index (χ3n) is 8.04. The molecule has 10 heteroatoms. The Morgan fingerprint density at radius 3 is 2.56 bits per heavy atom. The highest BCUT2D eigenvalue weighted by Crippen LogP contribution is 2.42. The van der Waals surface area contributed by atoms with Gasteiger partial charge in [-0.1, -0.05) is 6.92 Å². The summed E-state index contributed by atoms with van der Waals surface area (Å²) in [5.74, 6) is -1.06. The summed E-state index contributed by atoms with van der Waals surface area (Å²) >= 11 is 1.46. The fourth-order valence-electron chi connectivity index (χ4n) is 5.94. The van der Waals surface area contributed by atoms with Crippen LogP contribution in [0.5, 0.6) is 0 Å². The average Bonchev–Trinajstić information content (AvgIpc) is 3.34. The first-order chi connectivity index (χ1) is 16.2. The van der Waals surface area contributed by atoms with Gasteiger partial charge in [0.15, 0.2) is 0 Å². The normalized spacial score (nSPS) is 26.3. The zero-order valence-corrected chi connectivity index (χ0v) is 20.6. The van der Waals surface area contributed by atoms with Crippen molar-refractivity contribution in [1.82, 2.24) is 14.8 Å². The number of carbonyl (C=O) groups is 3. The van der Waals surface area contributed by atoms with Crippen molar-refractivity contribution in [3.8, 4) is 0 Å². The fourth-order valence-corrected chi connectivity index (χ4v) is 6.49. The molecule has 9 nitrogen and oxygen atoms in total. The van der Waals surface area contributed by atoms with E-state index in [0.717, 1.165) is 24.3 Å². The number of thioether (sulfide) groups is 1. The molecule has 0 N–H and O–H groups in total. The number of hydrogen-bond donors (Lipinski definition) is 0. The lowest BCUT2D eigenvalue weighted by molar-refractivity contribution is -0.490. The predicted octanol–water partition coefficient (Wildman–Crippen LogP) is 2.77. The minimum Gasteiger partial charge on any atom is -0.342 e. The second-order valence-electron chi connectivity index (χ2n) is 10.1. The maximum Gasteiger partial charge on any atom is 0.256 e. The van der Waals surface area contributed by atoms with Gasteiger partial charge in [-0.15, -0.1) is 11.8 Å². The van der Waals surface area contributed by atoms with Gasteiger partial charge in [0.1, 0.15) is 10.8 Å². The van der Waals surface area contributed by atoms with Gasteiger partial charge in [-0.3, -0.25) is 24.5 Å². The standard InChI is InChI=1S/C24H32N4O5S/c1-16-12-20(29)18(19(16)14-28(32)33)13-21(30)27-11-7-24(15-27)5-9-26(10-6-24)23(31)17-4-3-8-25-22(17)34-2/h3-4,8,16,18-19H,5-7,9-15H2,1-2H3/t16-,18-,19+/m1/s1. The van der Waals surface area contributed by atoms with Crippen LogP contribution >= 0.6 is 11.8 Å². The van der Waals surface area contributed by atoms with E-state index in [4.69, 9.17) is 0 Å². The van der Waals surface area contributed by atoms with Gasteiger partial charge in [-0.25, -0.2) is 4.98 Å². The van der Waals surface area contributed by atoms with Crippen LogP contribution in [0.1, 0.15) is 49.4 Å². The zero-order chi connectivity index (χ0) is 24.5. The molecular formula is C24H32N4O5S. The summed E-state index contributed by atoms with van der Waals surface area (Å²) in [7, 11) is 0. The van der Waals surface area contributed by atoms with Crippen molar-refractivity contribution in [2.24, 2.45) is 23.2 Å². The Morgan fingerprint density at radius 2 is 1.91 bits per heavy atom. The van der Waals surface area contributed by atoms with Crippen LogP contribution in [0.4, 0.5) is 0 Å². The molecular weight excluding hydrogens is 456 g/mol. The molecule has 0 radical (unpaired) electrons. The molecule has 4 rings (SSSR count). The molecule has 2 amide bonds. The topological polar surface area (TPSA) is 114 Å². The van der Waals surface area contributed by atoms with Crippen LogP contribution in [0, 0.1) is 33.3 Å². The maximum absolute atomic E-state index is 13.1. The Morgan fingerprint density at radius 1 is 1.24 bits per heavy atom. The van der Waals surface area contributed by atoms with E-state index in [1.807, 2.05) is 29.0 Å². The lowest BCUT2D eigenvalue weighted by atomic mass is 9.77. The van der Waals surface area contributed by atoms with Gasteiger partial charge < -0.3 is 9.80 Å². The SMILES string of the molecule is CSc1ncccc1C(=O)N1CCC2(CCN(C(=O)C[C@H]3C(=O)C[C@@H](C)[C@@H]3C[N+](=O)[O-])C2)CC1. The van der Waals surface area contributed by atoms with Crippen LogP contribution in [0.25, 0.3) is 0 Å². The molecule has 0 unspecified atom stereocenters. The molecule has 34 heavy (non-hydrogen) atoms. The Hall–Kier alpha value is -2.49. The lowest BCUT2D eigenvalue weighted by Gasteiger charge is -2.39. The van der Waals surface area contributed by atoms with Gasteiger partial charge in [0.05, 0.1) is 5.56 Å². The van der Waals surface area contributed by atoms with Gasteiger partial charge in [-0.2, -0.15) is 0 Å². The number of amides is 2. The predicted molar refractivity (Wildman–Crippen MR) is 127 cm³/mol. The number of aromatic nitrogens is 1. The molecule has 184 valence electrons. The number of hydrogen-bond acceptors (Lipinski definition) is 7. The van der Waals surface area contributed by atoms with E-state index < -0.39 is 5.92 Å². The third-order valence-corrected chi connectivity index (χ3v) is 8.75. The molecule has 1 saturated carbocycles. The van der Waals surface area contributed by atoms with Gasteiger partial charge >= 0.3 is 0 Å². The number of Topliss-reactive ketones (excluding diaryl/α,β-unsaturated/α-hetero) is 1. The first kappa shape index (κ1) is 24.6. The number of nitrogens with zero attached hydrogens (tertiary/aromatic N) is 4. The van der Waals surface area contributed by atoms with Crippen molar-refractivity contribution < 1.29 is 19.3 Å². The van der Waals surface area contributed by atoms with E-state index in [1.54, 1.807) is 12.3 Å². The average molecular weight is 489 g/mol. The molecule has 0 bridgehead atoms. The van der Waals surface area contributed by atoms with Crippen molar-refractivity contribution in [2.75, 3.05) is 39.0 Å². The first-order valence-corrected chi connectivity index (χ1v) is 13.2. The van der Waals surface area contributed by atoms with Crippen molar-refractivity contribution in [3.63, 3.8) is 0 Å². The molecule has 2 saturated heterocycles. The molecule has 3 fully saturated rings. The van der Waals surface area contributed by atoms with E-state index >= 15 is 0 Å². The summed E-state index contributed by atoms with van der Waals surface area (Å²) < 4.78 is 0. The van der Waals surface area contributed by atoms with Crippen molar-refractivity contribution >= 4 is 29.4 Å². The number of piperidine rings is 1. The summed E-state index contributed by atoms with van der Waals surface area (Å²) in [5.41, 5.74) is 0.630. The minimum absolute atomic E-state index is 0.00305. The van der Waals surface area contributed by atoms with Crippen LogP contribution in [-0.2, 0) is 9.59 Å². The molecule has 1 aromatic heterocycles. The summed E-state index contributed by atoms with van der Waals surface area (Å²) in [6.07, 6.45) is 6.55. The summed E-state index contributed by atoms with van der Waals surface area (Å²) in [5, 5.41) is 11.8. The Labute approximate surface area is 203 Å². The lowest BCUT2D eigenvalue weighted by Crippen LogP contribution is -2.45. The monoisotopic (exact) mass is 488 g/mol. The van der Waals surface area contributed by atoms with E-state index in [2.05, 4.69) is 4.98 Å². The molecule has 3 heterocycles. The van der Waals surface area contributed by atoms with Gasteiger partial charge in [0, 0.05) is 62.0 Å². The number of carbonyl (C=O) groups excluding carboxylic acids is 3. The number of pyridine rings is 1. The van der Waals surface area contributed by atoms with E-state index in [-0.39, 0.29) is 52.7 Å². The molecule has 0 aromatic carbocycles. The highest BCUT2D eigenvalue weighted by atomic mass is 32.2. The van der Waals surface area contributed by atoms with E-state index in [1.165, 1.54) is 11.8 Å². The summed E-state index contributed by atoms with van der Waals surface area (Å²) in [6.45, 7) is 4.17. The van der Waals surface area contributed by atoms with Gasteiger partial charge in [-0.05, 0) is 49.0 Å². The second-order valence-corrected chi connectivity index (χ2v) is 10.9. The molecule has 1 spiro atoms. The number of ketones is 1. The zero-order valence-electron chi connectivity index (χ0n) is 19.8. The van der Waals surface area contributed by atoms with Crippen molar-refractivity contribution in [3.05, 3.63) is 34.0 Å². The molecule has 3 aliphatic rings. The molecule has 1 aliphatic carbocycles. The van der Waals surface area contributed by atoms with Crippen molar-refractivity contribution in [2.45, 2.75) is 44.1 Å². The highest BCUT2D eigenvalue weighted by molar-refractivity contribution is 7.98. The Balaban J connectivity index is 1.34. The van der Waals surface area contributed by atoms with Crippen molar-refractivity contribution in [1.29, 1.82) is 0 Å². The van der Waals surface area contributed by atoms with Gasteiger partial charge in [0.2, 0.25) is 12.5 Å². The third kappa shape index (κ3) is 4.96. The molecule has 3 atom stereocenters. The smallest absolute Gasteiger partial charge is 0.256 e. The summed E-state index contributed by atoms with van der Waals surface area (Å²) in [6, 6.07) is 3.60. The molecule has 1 aromatic rings. The highest BCUT2D eigenvalue weighted by Gasteiger charge is 2.47. The maximum atomic E-state index is 13.1. The Bertz CT molecular complexity index is 978.